The quantitative estimate of drug-likeness (QED) is 0.784. The lowest BCUT2D eigenvalue weighted by molar-refractivity contribution is 0.0944. The Hall–Kier alpha value is -0.420. The van der Waals surface area contributed by atoms with Gasteiger partial charge in [-0.3, -0.25) is 4.79 Å². The summed E-state index contributed by atoms with van der Waals surface area (Å²) in [6.45, 7) is 3.72. The Labute approximate surface area is 115 Å². The van der Waals surface area contributed by atoms with Crippen LogP contribution in [-0.4, -0.2) is 29.0 Å². The van der Waals surface area contributed by atoms with E-state index in [9.17, 15) is 4.79 Å². The van der Waals surface area contributed by atoms with Crippen LogP contribution < -0.4 is 5.32 Å². The topological polar surface area (TPSA) is 34.0 Å². The number of rotatable bonds is 7. The molecule has 96 valence electrons. The number of hydrogen-bond acceptors (Lipinski definition) is 2. The zero-order valence-corrected chi connectivity index (χ0v) is 12.7. The summed E-state index contributed by atoms with van der Waals surface area (Å²) in [6, 6.07) is 1.87. The van der Waals surface area contributed by atoms with Crippen molar-refractivity contribution in [2.75, 3.05) is 18.6 Å². The lowest BCUT2D eigenvalue weighted by Gasteiger charge is -2.08. The van der Waals surface area contributed by atoms with E-state index in [0.29, 0.717) is 0 Å². The van der Waals surface area contributed by atoms with Gasteiger partial charge in [0.05, 0.1) is 0 Å². The van der Waals surface area contributed by atoms with Crippen molar-refractivity contribution in [2.24, 2.45) is 0 Å². The summed E-state index contributed by atoms with van der Waals surface area (Å²) in [6.07, 6.45) is 6.07. The molecule has 0 aliphatic carbocycles. The van der Waals surface area contributed by atoms with Gasteiger partial charge in [0.15, 0.2) is 0 Å². The summed E-state index contributed by atoms with van der Waals surface area (Å²) >= 11 is 5.21. The minimum absolute atomic E-state index is 0.0188. The number of halogens is 1. The number of aromatic nitrogens is 1. The Kier molecular flexibility index (Phi) is 6.73. The molecule has 0 saturated heterocycles. The Balaban J connectivity index is 2.55. The predicted octanol–water partition coefficient (Wildman–Crippen LogP) is 3.14. The van der Waals surface area contributed by atoms with Gasteiger partial charge >= 0.3 is 0 Å². The molecular weight excluding hydrogens is 300 g/mol. The molecule has 0 spiro atoms. The zero-order chi connectivity index (χ0) is 12.7. The van der Waals surface area contributed by atoms with E-state index in [2.05, 4.69) is 34.4 Å². The zero-order valence-electron chi connectivity index (χ0n) is 10.3. The molecule has 17 heavy (non-hydrogen) atoms. The lowest BCUT2D eigenvalue weighted by Crippen LogP contribution is -2.27. The molecule has 0 bridgehead atoms. The van der Waals surface area contributed by atoms with Crippen molar-refractivity contribution in [3.05, 3.63) is 22.4 Å². The monoisotopic (exact) mass is 318 g/mol. The highest BCUT2D eigenvalue weighted by molar-refractivity contribution is 9.10. The Morgan fingerprint density at radius 2 is 2.35 bits per heavy atom. The largest absolute Gasteiger partial charge is 0.351 e. The van der Waals surface area contributed by atoms with E-state index >= 15 is 0 Å². The van der Waals surface area contributed by atoms with Crippen LogP contribution in [0.25, 0.3) is 0 Å². The van der Waals surface area contributed by atoms with Gasteiger partial charge in [-0.15, -0.1) is 0 Å². The molecule has 1 N–H and O–H groups in total. The molecule has 1 heterocycles. The molecule has 0 unspecified atom stereocenters. The maximum atomic E-state index is 12.0. The van der Waals surface area contributed by atoms with E-state index < -0.39 is 0 Å². The molecule has 1 rings (SSSR count). The standard InChI is InChI=1S/C12H19BrN2OS/c1-3-6-15-9-10(13)8-11(15)12(16)14-5-4-7-17-2/h8-9H,3-7H2,1-2H3,(H,14,16). The minimum Gasteiger partial charge on any atom is -0.351 e. The number of carbonyl (C=O) groups excluding carboxylic acids is 1. The maximum absolute atomic E-state index is 12.0. The van der Waals surface area contributed by atoms with E-state index in [1.54, 1.807) is 11.8 Å². The van der Waals surface area contributed by atoms with Gasteiger partial charge in [0.2, 0.25) is 0 Å². The van der Waals surface area contributed by atoms with Crippen LogP contribution in [0.1, 0.15) is 30.3 Å². The average Bonchev–Trinajstić information content (AvgIpc) is 2.66. The molecule has 0 atom stereocenters. The predicted molar refractivity (Wildman–Crippen MR) is 77.8 cm³/mol. The van der Waals surface area contributed by atoms with E-state index in [1.807, 2.05) is 16.8 Å². The smallest absolute Gasteiger partial charge is 0.267 e. The Bertz CT molecular complexity index is 365. The van der Waals surface area contributed by atoms with Crippen LogP contribution in [0.2, 0.25) is 0 Å². The molecule has 0 aliphatic heterocycles. The molecule has 5 heteroatoms. The van der Waals surface area contributed by atoms with Gasteiger partial charge in [-0.1, -0.05) is 6.92 Å². The van der Waals surface area contributed by atoms with Crippen LogP contribution in [0.5, 0.6) is 0 Å². The van der Waals surface area contributed by atoms with E-state index in [4.69, 9.17) is 0 Å². The SMILES string of the molecule is CCCn1cc(Br)cc1C(=O)NCCCSC. The van der Waals surface area contributed by atoms with Crippen molar-refractivity contribution in [3.63, 3.8) is 0 Å². The first-order valence-corrected chi connectivity index (χ1v) is 8.00. The van der Waals surface area contributed by atoms with Gasteiger partial charge in [-0.05, 0) is 46.8 Å². The highest BCUT2D eigenvalue weighted by Crippen LogP contribution is 2.15. The van der Waals surface area contributed by atoms with Crippen molar-refractivity contribution >= 4 is 33.6 Å². The first-order valence-electron chi connectivity index (χ1n) is 5.81. The van der Waals surface area contributed by atoms with Crippen molar-refractivity contribution < 1.29 is 4.79 Å². The summed E-state index contributed by atoms with van der Waals surface area (Å²) in [4.78, 5) is 12.0. The second kappa shape index (κ2) is 7.82. The van der Waals surface area contributed by atoms with Gasteiger partial charge in [0.25, 0.3) is 5.91 Å². The molecule has 0 fully saturated rings. The summed E-state index contributed by atoms with van der Waals surface area (Å²) in [5.41, 5.74) is 0.739. The molecule has 1 aromatic rings. The average molecular weight is 319 g/mol. The van der Waals surface area contributed by atoms with Gasteiger partial charge in [-0.25, -0.2) is 0 Å². The lowest BCUT2D eigenvalue weighted by atomic mass is 10.3. The van der Waals surface area contributed by atoms with E-state index in [-0.39, 0.29) is 5.91 Å². The van der Waals surface area contributed by atoms with Gasteiger partial charge in [0.1, 0.15) is 5.69 Å². The van der Waals surface area contributed by atoms with Crippen LogP contribution in [0.4, 0.5) is 0 Å². The van der Waals surface area contributed by atoms with E-state index in [1.165, 1.54) is 0 Å². The van der Waals surface area contributed by atoms with Crippen LogP contribution in [-0.2, 0) is 6.54 Å². The maximum Gasteiger partial charge on any atom is 0.267 e. The van der Waals surface area contributed by atoms with E-state index in [0.717, 1.165) is 41.9 Å². The number of amides is 1. The molecule has 0 aliphatic rings. The molecule has 3 nitrogen and oxygen atoms in total. The van der Waals surface area contributed by atoms with Crippen molar-refractivity contribution in [1.82, 2.24) is 9.88 Å². The van der Waals surface area contributed by atoms with Gasteiger partial charge in [0, 0.05) is 23.8 Å². The first-order chi connectivity index (χ1) is 8.19. The summed E-state index contributed by atoms with van der Waals surface area (Å²) in [5.74, 6) is 1.10. The van der Waals surface area contributed by atoms with Crippen LogP contribution >= 0.6 is 27.7 Å². The minimum atomic E-state index is 0.0188. The molecule has 0 saturated carbocycles. The first kappa shape index (κ1) is 14.6. The van der Waals surface area contributed by atoms with Crippen molar-refractivity contribution in [2.45, 2.75) is 26.3 Å². The number of aryl methyl sites for hydroxylation is 1. The number of thioether (sulfide) groups is 1. The Morgan fingerprint density at radius 3 is 3.00 bits per heavy atom. The third kappa shape index (κ3) is 4.76. The van der Waals surface area contributed by atoms with Crippen LogP contribution in [0, 0.1) is 0 Å². The second-order valence-electron chi connectivity index (χ2n) is 3.84. The fourth-order valence-corrected chi connectivity index (χ4v) is 2.50. The molecule has 1 amide bonds. The number of nitrogens with zero attached hydrogens (tertiary/aromatic N) is 1. The third-order valence-electron chi connectivity index (χ3n) is 2.37. The second-order valence-corrected chi connectivity index (χ2v) is 5.74. The molecule has 0 aromatic carbocycles. The third-order valence-corrected chi connectivity index (χ3v) is 3.50. The number of carbonyl (C=O) groups is 1. The summed E-state index contributed by atoms with van der Waals surface area (Å²) in [7, 11) is 0. The summed E-state index contributed by atoms with van der Waals surface area (Å²) in [5, 5.41) is 2.95. The fraction of sp³-hybridized carbons (Fsp3) is 0.583. The highest BCUT2D eigenvalue weighted by atomic mass is 79.9. The number of hydrogen-bond donors (Lipinski definition) is 1. The fourth-order valence-electron chi connectivity index (χ4n) is 1.60. The molecule has 1 aromatic heterocycles. The van der Waals surface area contributed by atoms with Crippen molar-refractivity contribution in [3.8, 4) is 0 Å². The summed E-state index contributed by atoms with van der Waals surface area (Å²) < 4.78 is 2.95. The number of nitrogens with one attached hydrogen (secondary N) is 1. The normalized spacial score (nSPS) is 10.5. The molecular formula is C12H19BrN2OS. The van der Waals surface area contributed by atoms with Gasteiger partial charge in [-0.2, -0.15) is 11.8 Å². The van der Waals surface area contributed by atoms with Crippen molar-refractivity contribution in [1.29, 1.82) is 0 Å². The van der Waals surface area contributed by atoms with Crippen LogP contribution in [0.3, 0.4) is 0 Å². The highest BCUT2D eigenvalue weighted by Gasteiger charge is 2.11. The van der Waals surface area contributed by atoms with Crippen LogP contribution in [0.15, 0.2) is 16.7 Å². The molecule has 0 radical (unpaired) electrons. The Morgan fingerprint density at radius 1 is 1.59 bits per heavy atom. The van der Waals surface area contributed by atoms with Gasteiger partial charge < -0.3 is 9.88 Å².